The first-order valence-corrected chi connectivity index (χ1v) is 8.76. The van der Waals surface area contributed by atoms with Gasteiger partial charge in [-0.15, -0.1) is 0 Å². The first kappa shape index (κ1) is 17.9. The maximum absolute atomic E-state index is 11.9. The monoisotopic (exact) mass is 370 g/mol. The van der Waals surface area contributed by atoms with Crippen molar-refractivity contribution in [2.75, 3.05) is 26.4 Å². The van der Waals surface area contributed by atoms with Crippen LogP contribution < -0.4 is 0 Å². The van der Waals surface area contributed by atoms with Gasteiger partial charge in [-0.3, -0.25) is 0 Å². The Balaban J connectivity index is 1.24. The molecule has 0 aliphatic carbocycles. The van der Waals surface area contributed by atoms with Gasteiger partial charge in [0.2, 0.25) is 0 Å². The van der Waals surface area contributed by atoms with Crippen molar-refractivity contribution in [2.45, 2.75) is 49.7 Å². The molecule has 4 aliphatic rings. The van der Waals surface area contributed by atoms with E-state index >= 15 is 0 Å². The summed E-state index contributed by atoms with van der Waals surface area (Å²) in [6, 6.07) is 0. The second kappa shape index (κ2) is 7.24. The number of hydrogen-bond donors (Lipinski definition) is 1. The van der Waals surface area contributed by atoms with Gasteiger partial charge in [0, 0.05) is 18.1 Å². The molecule has 0 aromatic heterocycles. The van der Waals surface area contributed by atoms with Gasteiger partial charge in [0.15, 0.2) is 12.2 Å². The van der Waals surface area contributed by atoms with Gasteiger partial charge in [-0.1, -0.05) is 6.92 Å². The standard InChI is InChI=1S/C17H22O9/c1-8-4-21-16-10(6-23-14(8)16)25-12(19)2-3-13(20)26-11-7-24-15-9(18)5-22-17(11)15/h2-3,8-11,14-18H,4-7H2,1H3/b3-2-/t8-,9-,10-,11-,14-,15-,16-,17-/m1/s1. The van der Waals surface area contributed by atoms with Crippen LogP contribution in [-0.4, -0.2) is 86.2 Å². The minimum atomic E-state index is -0.716. The Morgan fingerprint density at radius 1 is 0.808 bits per heavy atom. The Hall–Kier alpha value is -1.52. The van der Waals surface area contributed by atoms with Crippen molar-refractivity contribution in [1.29, 1.82) is 0 Å². The average Bonchev–Trinajstić information content (AvgIpc) is 3.35. The lowest BCUT2D eigenvalue weighted by molar-refractivity contribution is -0.150. The number of carbonyl (C=O) groups is 2. The van der Waals surface area contributed by atoms with Gasteiger partial charge in [-0.25, -0.2) is 9.59 Å². The van der Waals surface area contributed by atoms with Crippen LogP contribution in [0.4, 0.5) is 0 Å². The van der Waals surface area contributed by atoms with Crippen molar-refractivity contribution in [3.63, 3.8) is 0 Å². The second-order valence-corrected chi connectivity index (χ2v) is 7.02. The number of esters is 2. The first-order chi connectivity index (χ1) is 12.5. The molecular weight excluding hydrogens is 348 g/mol. The maximum atomic E-state index is 11.9. The maximum Gasteiger partial charge on any atom is 0.331 e. The molecule has 0 amide bonds. The molecule has 0 saturated carbocycles. The summed E-state index contributed by atoms with van der Waals surface area (Å²) < 4.78 is 32.5. The second-order valence-electron chi connectivity index (χ2n) is 7.02. The van der Waals surface area contributed by atoms with E-state index in [9.17, 15) is 14.7 Å². The van der Waals surface area contributed by atoms with E-state index in [4.69, 9.17) is 28.4 Å². The first-order valence-electron chi connectivity index (χ1n) is 8.76. The molecule has 8 atom stereocenters. The topological polar surface area (TPSA) is 110 Å². The smallest absolute Gasteiger partial charge is 0.331 e. The van der Waals surface area contributed by atoms with Crippen LogP contribution in [0.2, 0.25) is 0 Å². The van der Waals surface area contributed by atoms with Gasteiger partial charge in [0.25, 0.3) is 0 Å². The van der Waals surface area contributed by atoms with Crippen molar-refractivity contribution in [3.8, 4) is 0 Å². The van der Waals surface area contributed by atoms with Crippen molar-refractivity contribution < 1.29 is 43.1 Å². The molecule has 26 heavy (non-hydrogen) atoms. The van der Waals surface area contributed by atoms with Gasteiger partial charge in [-0.05, 0) is 0 Å². The SMILES string of the molecule is C[C@@H]1CO[C@H]2[C@@H]1OC[C@H]2OC(=O)/C=C\C(=O)O[C@@H]1CO[C@H]2[C@@H]1OC[C@H]2O. The number of aliphatic hydroxyl groups is 1. The van der Waals surface area contributed by atoms with Gasteiger partial charge in [0.1, 0.15) is 24.4 Å². The van der Waals surface area contributed by atoms with E-state index in [-0.39, 0.29) is 37.9 Å². The molecule has 4 aliphatic heterocycles. The van der Waals surface area contributed by atoms with Gasteiger partial charge < -0.3 is 33.5 Å². The fourth-order valence-corrected chi connectivity index (χ4v) is 3.81. The molecule has 4 fully saturated rings. The molecule has 1 N–H and O–H groups in total. The number of carbonyl (C=O) groups excluding carboxylic acids is 2. The molecule has 0 unspecified atom stereocenters. The number of hydrogen-bond acceptors (Lipinski definition) is 9. The van der Waals surface area contributed by atoms with Crippen LogP contribution in [0, 0.1) is 5.92 Å². The highest BCUT2D eigenvalue weighted by Crippen LogP contribution is 2.32. The molecule has 4 saturated heterocycles. The largest absolute Gasteiger partial charge is 0.454 e. The summed E-state index contributed by atoms with van der Waals surface area (Å²) in [5.41, 5.74) is 0. The van der Waals surface area contributed by atoms with E-state index in [0.29, 0.717) is 6.61 Å². The summed E-state index contributed by atoms with van der Waals surface area (Å²) in [6.07, 6.45) is -1.05. The quantitative estimate of drug-likeness (QED) is 0.490. The van der Waals surface area contributed by atoms with Gasteiger partial charge >= 0.3 is 11.9 Å². The highest BCUT2D eigenvalue weighted by atomic mass is 16.6. The van der Waals surface area contributed by atoms with E-state index in [0.717, 1.165) is 12.2 Å². The number of rotatable bonds is 4. The van der Waals surface area contributed by atoms with Crippen LogP contribution in [0.5, 0.6) is 0 Å². The lowest BCUT2D eigenvalue weighted by atomic mass is 10.0. The average molecular weight is 370 g/mol. The van der Waals surface area contributed by atoms with Crippen molar-refractivity contribution in [3.05, 3.63) is 12.2 Å². The Labute approximate surface area is 150 Å². The Morgan fingerprint density at radius 2 is 1.31 bits per heavy atom. The Morgan fingerprint density at radius 3 is 1.96 bits per heavy atom. The molecular formula is C17H22O9. The Bertz CT molecular complexity index is 541. The van der Waals surface area contributed by atoms with E-state index in [2.05, 4.69) is 0 Å². The van der Waals surface area contributed by atoms with Crippen LogP contribution in [0.15, 0.2) is 12.2 Å². The lowest BCUT2D eigenvalue weighted by Crippen LogP contribution is -2.34. The molecule has 4 rings (SSSR count). The van der Waals surface area contributed by atoms with E-state index in [1.807, 2.05) is 6.92 Å². The summed E-state index contributed by atoms with van der Waals surface area (Å²) >= 11 is 0. The summed E-state index contributed by atoms with van der Waals surface area (Å²) in [5.74, 6) is -1.09. The summed E-state index contributed by atoms with van der Waals surface area (Å²) in [4.78, 5) is 23.8. The molecule has 9 nitrogen and oxygen atoms in total. The van der Waals surface area contributed by atoms with Crippen LogP contribution in [0.3, 0.4) is 0 Å². The zero-order valence-corrected chi connectivity index (χ0v) is 14.3. The van der Waals surface area contributed by atoms with E-state index < -0.39 is 42.5 Å². The predicted octanol–water partition coefficient (Wildman–Crippen LogP) is -1.04. The van der Waals surface area contributed by atoms with Crippen molar-refractivity contribution in [2.24, 2.45) is 5.92 Å². The van der Waals surface area contributed by atoms with Gasteiger partial charge in [0.05, 0.1) is 32.5 Å². The zero-order valence-electron chi connectivity index (χ0n) is 14.3. The Kier molecular flexibility index (Phi) is 4.98. The number of ether oxygens (including phenoxy) is 6. The molecule has 0 spiro atoms. The molecule has 9 heteroatoms. The molecule has 0 aromatic rings. The molecule has 0 bridgehead atoms. The third-order valence-electron chi connectivity index (χ3n) is 5.13. The minimum Gasteiger partial charge on any atom is -0.454 e. The number of fused-ring (bicyclic) bond motifs is 2. The summed E-state index contributed by atoms with van der Waals surface area (Å²) in [7, 11) is 0. The highest BCUT2D eigenvalue weighted by molar-refractivity contribution is 5.91. The van der Waals surface area contributed by atoms with Crippen molar-refractivity contribution in [1.82, 2.24) is 0 Å². The fraction of sp³-hybridized carbons (Fsp3) is 0.765. The molecule has 144 valence electrons. The predicted molar refractivity (Wildman–Crippen MR) is 83.0 cm³/mol. The van der Waals surface area contributed by atoms with Crippen LogP contribution in [0.25, 0.3) is 0 Å². The lowest BCUT2D eigenvalue weighted by Gasteiger charge is -2.16. The minimum absolute atomic E-state index is 0.0566. The molecule has 0 aromatic carbocycles. The van der Waals surface area contributed by atoms with Crippen LogP contribution in [-0.2, 0) is 38.0 Å². The fourth-order valence-electron chi connectivity index (χ4n) is 3.81. The van der Waals surface area contributed by atoms with Crippen molar-refractivity contribution >= 4 is 11.9 Å². The van der Waals surface area contributed by atoms with Crippen LogP contribution >= 0.6 is 0 Å². The van der Waals surface area contributed by atoms with Crippen LogP contribution in [0.1, 0.15) is 6.92 Å². The highest BCUT2D eigenvalue weighted by Gasteiger charge is 2.49. The van der Waals surface area contributed by atoms with E-state index in [1.54, 1.807) is 0 Å². The van der Waals surface area contributed by atoms with E-state index in [1.165, 1.54) is 0 Å². The summed E-state index contributed by atoms with van der Waals surface area (Å²) in [5, 5.41) is 9.66. The zero-order chi connectivity index (χ0) is 18.3. The third-order valence-corrected chi connectivity index (χ3v) is 5.13. The summed E-state index contributed by atoms with van der Waals surface area (Å²) in [6.45, 7) is 3.18. The normalized spacial score (nSPS) is 44.2. The number of aliphatic hydroxyl groups excluding tert-OH is 1. The molecule has 0 radical (unpaired) electrons. The van der Waals surface area contributed by atoms with Gasteiger partial charge in [-0.2, -0.15) is 0 Å². The molecule has 4 heterocycles. The third kappa shape index (κ3) is 3.37.